The molecule has 0 aliphatic rings. The fourth-order valence-corrected chi connectivity index (χ4v) is 2.30. The molecule has 8 heteroatoms. The lowest BCUT2D eigenvalue weighted by atomic mass is 10.1. The summed E-state index contributed by atoms with van der Waals surface area (Å²) in [5.74, 6) is 0.519. The van der Waals surface area contributed by atoms with Gasteiger partial charge in [0.15, 0.2) is 0 Å². The number of amides is 1. The number of hydrogen-bond acceptors (Lipinski definition) is 4. The van der Waals surface area contributed by atoms with Crippen molar-refractivity contribution < 1.29 is 4.79 Å². The maximum atomic E-state index is 12.5. The fraction of sp³-hybridized carbons (Fsp3) is 0.375. The third-order valence-corrected chi connectivity index (χ3v) is 3.73. The van der Waals surface area contributed by atoms with Crippen molar-refractivity contribution in [3.05, 3.63) is 48.3 Å². The van der Waals surface area contributed by atoms with E-state index < -0.39 is 6.04 Å². The lowest BCUT2D eigenvalue weighted by Crippen LogP contribution is -2.32. The quantitative estimate of drug-likeness (QED) is 0.310. The number of carbonyl (C=O) groups excluding carboxylic acids is 1. The zero-order valence-corrected chi connectivity index (χ0v) is 14.1. The zero-order chi connectivity index (χ0) is 17.2. The molecule has 128 valence electrons. The molecule has 2 aromatic rings. The van der Waals surface area contributed by atoms with Crippen molar-refractivity contribution in [1.29, 1.82) is 0 Å². The van der Waals surface area contributed by atoms with Gasteiger partial charge in [-0.2, -0.15) is 0 Å². The van der Waals surface area contributed by atoms with Crippen molar-refractivity contribution in [2.24, 2.45) is 10.7 Å². The lowest BCUT2D eigenvalue weighted by Gasteiger charge is -2.16. The number of nitrogens with one attached hydrogen (secondary N) is 1. The summed E-state index contributed by atoms with van der Waals surface area (Å²) in [6.07, 6.45) is 4.52. The second-order valence-electron chi connectivity index (χ2n) is 5.25. The Morgan fingerprint density at radius 3 is 2.83 bits per heavy atom. The SMILES string of the molecule is NC(CCl)=NCCCC(C(=O)NCc1ccccc1)n1ccnn1. The van der Waals surface area contributed by atoms with Crippen molar-refractivity contribution in [3.63, 3.8) is 0 Å². The molecule has 3 N–H and O–H groups in total. The predicted molar refractivity (Wildman–Crippen MR) is 93.8 cm³/mol. The molecule has 0 aliphatic carbocycles. The van der Waals surface area contributed by atoms with Gasteiger partial charge in [0.05, 0.1) is 12.1 Å². The summed E-state index contributed by atoms with van der Waals surface area (Å²) in [5.41, 5.74) is 6.61. The van der Waals surface area contributed by atoms with Crippen LogP contribution in [0.5, 0.6) is 0 Å². The van der Waals surface area contributed by atoms with Crippen LogP contribution in [0.3, 0.4) is 0 Å². The van der Waals surface area contributed by atoms with E-state index in [1.165, 1.54) is 0 Å². The van der Waals surface area contributed by atoms with Gasteiger partial charge in [0.1, 0.15) is 11.9 Å². The second kappa shape index (κ2) is 9.67. The molecule has 1 aromatic heterocycles. The van der Waals surface area contributed by atoms with E-state index in [1.807, 2.05) is 30.3 Å². The van der Waals surface area contributed by atoms with E-state index in [4.69, 9.17) is 17.3 Å². The highest BCUT2D eigenvalue weighted by Crippen LogP contribution is 2.13. The molecule has 7 nitrogen and oxygen atoms in total. The molecule has 0 fully saturated rings. The Morgan fingerprint density at radius 2 is 2.17 bits per heavy atom. The van der Waals surface area contributed by atoms with Crippen LogP contribution in [0.25, 0.3) is 0 Å². The topological polar surface area (TPSA) is 98.2 Å². The van der Waals surface area contributed by atoms with E-state index in [0.717, 1.165) is 5.56 Å². The maximum Gasteiger partial charge on any atom is 0.245 e. The van der Waals surface area contributed by atoms with Crippen LogP contribution in [-0.2, 0) is 11.3 Å². The van der Waals surface area contributed by atoms with Crippen molar-refractivity contribution in [2.45, 2.75) is 25.4 Å². The van der Waals surface area contributed by atoms with E-state index >= 15 is 0 Å². The van der Waals surface area contributed by atoms with Crippen LogP contribution in [0.2, 0.25) is 0 Å². The van der Waals surface area contributed by atoms with Gasteiger partial charge in [0.2, 0.25) is 5.91 Å². The number of nitrogens with two attached hydrogens (primary N) is 1. The molecule has 0 bridgehead atoms. The Balaban J connectivity index is 1.92. The van der Waals surface area contributed by atoms with E-state index in [2.05, 4.69) is 20.6 Å². The van der Waals surface area contributed by atoms with Gasteiger partial charge in [0.25, 0.3) is 0 Å². The third-order valence-electron chi connectivity index (χ3n) is 3.46. The van der Waals surface area contributed by atoms with Crippen LogP contribution in [0.15, 0.2) is 47.7 Å². The summed E-state index contributed by atoms with van der Waals surface area (Å²) in [6.45, 7) is 0.998. The monoisotopic (exact) mass is 348 g/mol. The number of aliphatic imine (C=N–C) groups is 1. The third kappa shape index (κ3) is 5.66. The van der Waals surface area contributed by atoms with Crippen LogP contribution < -0.4 is 11.1 Å². The Bertz CT molecular complexity index is 644. The average molecular weight is 349 g/mol. The minimum Gasteiger partial charge on any atom is -0.386 e. The molecule has 0 saturated carbocycles. The Morgan fingerprint density at radius 1 is 1.38 bits per heavy atom. The first-order valence-electron chi connectivity index (χ1n) is 7.73. The molecule has 0 saturated heterocycles. The number of rotatable bonds is 9. The summed E-state index contributed by atoms with van der Waals surface area (Å²) < 4.78 is 1.56. The van der Waals surface area contributed by atoms with E-state index in [0.29, 0.717) is 31.8 Å². The number of nitrogens with zero attached hydrogens (tertiary/aromatic N) is 4. The van der Waals surface area contributed by atoms with E-state index in [1.54, 1.807) is 17.1 Å². The first-order valence-corrected chi connectivity index (χ1v) is 8.26. The fourth-order valence-electron chi connectivity index (χ4n) is 2.22. The number of halogens is 1. The minimum atomic E-state index is -0.427. The Labute approximate surface area is 145 Å². The summed E-state index contributed by atoms with van der Waals surface area (Å²) >= 11 is 5.58. The van der Waals surface area contributed by atoms with Crippen LogP contribution in [-0.4, -0.2) is 39.2 Å². The first-order chi connectivity index (χ1) is 11.7. The van der Waals surface area contributed by atoms with Crippen molar-refractivity contribution in [3.8, 4) is 0 Å². The number of amidine groups is 1. The molecular formula is C16H21ClN6O. The van der Waals surface area contributed by atoms with E-state index in [9.17, 15) is 4.79 Å². The molecule has 1 unspecified atom stereocenters. The predicted octanol–water partition coefficient (Wildman–Crippen LogP) is 1.51. The molecule has 0 aliphatic heterocycles. The second-order valence-corrected chi connectivity index (χ2v) is 5.52. The number of carbonyl (C=O) groups is 1. The summed E-state index contributed by atoms with van der Waals surface area (Å²) in [4.78, 5) is 16.7. The van der Waals surface area contributed by atoms with Gasteiger partial charge >= 0.3 is 0 Å². The zero-order valence-electron chi connectivity index (χ0n) is 13.3. The van der Waals surface area contributed by atoms with Gasteiger partial charge in [-0.25, -0.2) is 4.68 Å². The molecule has 1 amide bonds. The largest absolute Gasteiger partial charge is 0.386 e. The molecular weight excluding hydrogens is 328 g/mol. The van der Waals surface area contributed by atoms with Crippen molar-refractivity contribution in [2.75, 3.05) is 12.4 Å². The average Bonchev–Trinajstić information content (AvgIpc) is 3.14. The van der Waals surface area contributed by atoms with Crippen molar-refractivity contribution >= 4 is 23.3 Å². The number of benzene rings is 1. The molecule has 0 radical (unpaired) electrons. The number of aromatic nitrogens is 3. The van der Waals surface area contributed by atoms with Gasteiger partial charge in [-0.05, 0) is 18.4 Å². The first kappa shape index (κ1) is 17.9. The van der Waals surface area contributed by atoms with Gasteiger partial charge in [-0.3, -0.25) is 9.79 Å². The van der Waals surface area contributed by atoms with Crippen LogP contribution in [0.1, 0.15) is 24.4 Å². The molecule has 1 atom stereocenters. The van der Waals surface area contributed by atoms with Gasteiger partial charge < -0.3 is 11.1 Å². The number of hydrogen-bond donors (Lipinski definition) is 2. The Kier molecular flexibility index (Phi) is 7.22. The van der Waals surface area contributed by atoms with Crippen molar-refractivity contribution in [1.82, 2.24) is 20.3 Å². The van der Waals surface area contributed by atoms with Crippen LogP contribution in [0.4, 0.5) is 0 Å². The lowest BCUT2D eigenvalue weighted by molar-refractivity contribution is -0.125. The highest BCUT2D eigenvalue weighted by atomic mass is 35.5. The highest BCUT2D eigenvalue weighted by molar-refractivity contribution is 6.27. The van der Waals surface area contributed by atoms with Crippen LogP contribution >= 0.6 is 11.6 Å². The molecule has 0 spiro atoms. The smallest absolute Gasteiger partial charge is 0.245 e. The van der Waals surface area contributed by atoms with Gasteiger partial charge in [-0.15, -0.1) is 16.7 Å². The van der Waals surface area contributed by atoms with E-state index in [-0.39, 0.29) is 11.8 Å². The van der Waals surface area contributed by atoms with Gasteiger partial charge in [0, 0.05) is 19.3 Å². The highest BCUT2D eigenvalue weighted by Gasteiger charge is 2.20. The maximum absolute atomic E-state index is 12.5. The van der Waals surface area contributed by atoms with Gasteiger partial charge in [-0.1, -0.05) is 35.5 Å². The molecule has 24 heavy (non-hydrogen) atoms. The number of alkyl halides is 1. The standard InChI is InChI=1S/C16H21ClN6O/c17-11-15(18)19-8-4-7-14(23-10-9-21-22-23)16(24)20-12-13-5-2-1-3-6-13/h1-3,5-6,9-10,14H,4,7-8,11-12H2,(H2,18,19)(H,20,24). The summed E-state index contributed by atoms with van der Waals surface area (Å²) in [5, 5.41) is 10.7. The van der Waals surface area contributed by atoms with Crippen LogP contribution in [0, 0.1) is 0 Å². The molecule has 1 aromatic carbocycles. The summed E-state index contributed by atoms with van der Waals surface area (Å²) in [7, 11) is 0. The normalized spacial score (nSPS) is 12.8. The minimum absolute atomic E-state index is 0.0985. The molecule has 2 rings (SSSR count). The summed E-state index contributed by atoms with van der Waals surface area (Å²) in [6, 6.07) is 9.33. The Hall–Kier alpha value is -2.41. The molecule has 1 heterocycles.